The molecule has 4 nitrogen and oxygen atoms in total. The zero-order chi connectivity index (χ0) is 15.2. The van der Waals surface area contributed by atoms with Crippen LogP contribution in [0.3, 0.4) is 0 Å². The first-order valence-electron chi connectivity index (χ1n) is 6.76. The van der Waals surface area contributed by atoms with Gasteiger partial charge in [-0.25, -0.2) is 4.98 Å². The zero-order valence-corrected chi connectivity index (χ0v) is 13.7. The van der Waals surface area contributed by atoms with Gasteiger partial charge in [0, 0.05) is 25.4 Å². The quantitative estimate of drug-likeness (QED) is 0.845. The second-order valence-corrected chi connectivity index (χ2v) is 5.89. The first-order valence-corrected chi connectivity index (χ1v) is 7.51. The lowest BCUT2D eigenvalue weighted by molar-refractivity contribution is 0.0425. The summed E-state index contributed by atoms with van der Waals surface area (Å²) in [6.45, 7) is 1.49. The van der Waals surface area contributed by atoms with E-state index in [2.05, 4.69) is 14.9 Å². The van der Waals surface area contributed by atoms with E-state index in [1.807, 2.05) is 26.2 Å². The summed E-state index contributed by atoms with van der Waals surface area (Å²) in [5.41, 5.74) is 1.000. The third-order valence-electron chi connectivity index (χ3n) is 3.11. The van der Waals surface area contributed by atoms with Gasteiger partial charge in [-0.1, -0.05) is 29.3 Å². The van der Waals surface area contributed by atoms with Crippen molar-refractivity contribution in [2.24, 2.45) is 0 Å². The molecule has 0 spiro atoms. The smallest absolute Gasteiger partial charge is 0.108 e. The predicted octanol–water partition coefficient (Wildman–Crippen LogP) is 3.58. The number of nitrogens with one attached hydrogen (secondary N) is 1. The van der Waals surface area contributed by atoms with Gasteiger partial charge in [-0.2, -0.15) is 0 Å². The number of nitrogens with zero attached hydrogens (tertiary/aromatic N) is 2. The second kappa shape index (κ2) is 7.80. The molecule has 0 saturated carbocycles. The number of benzene rings is 1. The molecule has 1 aromatic carbocycles. The van der Waals surface area contributed by atoms with E-state index >= 15 is 0 Å². The van der Waals surface area contributed by atoms with Gasteiger partial charge in [0.2, 0.25) is 0 Å². The molecule has 21 heavy (non-hydrogen) atoms. The minimum Gasteiger partial charge on any atom is -0.372 e. The predicted molar refractivity (Wildman–Crippen MR) is 86.0 cm³/mol. The Balaban J connectivity index is 2.11. The average Bonchev–Trinajstić information content (AvgIpc) is 2.93. The van der Waals surface area contributed by atoms with Crippen LogP contribution in [0.15, 0.2) is 30.6 Å². The van der Waals surface area contributed by atoms with Gasteiger partial charge in [0.25, 0.3) is 0 Å². The Bertz CT molecular complexity index is 558. The highest BCUT2D eigenvalue weighted by Gasteiger charge is 2.16. The fourth-order valence-electron chi connectivity index (χ4n) is 1.95. The third-order valence-corrected chi connectivity index (χ3v) is 3.85. The Labute approximate surface area is 135 Å². The van der Waals surface area contributed by atoms with Crippen LogP contribution in [-0.2, 0) is 11.2 Å². The molecule has 0 radical (unpaired) electrons. The van der Waals surface area contributed by atoms with Crippen LogP contribution in [0.25, 0.3) is 0 Å². The molecule has 114 valence electrons. The molecule has 2 rings (SSSR count). The van der Waals surface area contributed by atoms with Gasteiger partial charge >= 0.3 is 0 Å². The molecule has 1 N–H and O–H groups in total. The molecule has 1 heterocycles. The maximum absolute atomic E-state index is 6.11. The van der Waals surface area contributed by atoms with Crippen LogP contribution < -0.4 is 0 Å². The van der Waals surface area contributed by atoms with Gasteiger partial charge in [-0.3, -0.25) is 0 Å². The van der Waals surface area contributed by atoms with Crippen molar-refractivity contribution in [1.29, 1.82) is 0 Å². The number of likely N-dealkylation sites (N-methyl/N-ethyl adjacent to an activating group) is 1. The van der Waals surface area contributed by atoms with E-state index in [-0.39, 0.29) is 6.10 Å². The highest BCUT2D eigenvalue weighted by molar-refractivity contribution is 6.42. The molecule has 0 saturated heterocycles. The molecular weight excluding hydrogens is 309 g/mol. The summed E-state index contributed by atoms with van der Waals surface area (Å²) in [7, 11) is 4.04. The Morgan fingerprint density at radius 3 is 2.71 bits per heavy atom. The summed E-state index contributed by atoms with van der Waals surface area (Å²) in [4.78, 5) is 9.44. The normalized spacial score (nSPS) is 12.8. The molecular formula is C15H19Cl2N3O. The van der Waals surface area contributed by atoms with E-state index in [4.69, 9.17) is 27.9 Å². The number of rotatable bonds is 7. The van der Waals surface area contributed by atoms with Gasteiger partial charge in [0.15, 0.2) is 0 Å². The van der Waals surface area contributed by atoms with E-state index in [9.17, 15) is 0 Å². The number of halogens is 2. The first kappa shape index (κ1) is 16.3. The van der Waals surface area contributed by atoms with Crippen LogP contribution in [0.1, 0.15) is 17.5 Å². The van der Waals surface area contributed by atoms with Crippen molar-refractivity contribution in [3.63, 3.8) is 0 Å². The van der Waals surface area contributed by atoms with Gasteiger partial charge in [-0.05, 0) is 31.8 Å². The van der Waals surface area contributed by atoms with Gasteiger partial charge in [0.05, 0.1) is 22.8 Å². The van der Waals surface area contributed by atoms with Gasteiger partial charge in [0.1, 0.15) is 5.82 Å². The number of H-pyrrole nitrogens is 1. The number of ether oxygens (including phenoxy) is 1. The SMILES string of the molecule is CN(C)CCOC(Cc1ncc[nH]1)c1ccc(Cl)c(Cl)c1. The van der Waals surface area contributed by atoms with Crippen molar-refractivity contribution >= 4 is 23.2 Å². The van der Waals surface area contributed by atoms with Crippen molar-refractivity contribution < 1.29 is 4.74 Å². The molecule has 2 aromatic rings. The zero-order valence-electron chi connectivity index (χ0n) is 12.1. The number of aromatic nitrogens is 2. The number of aromatic amines is 1. The van der Waals surface area contributed by atoms with Gasteiger partial charge in [-0.15, -0.1) is 0 Å². The third kappa shape index (κ3) is 5.00. The monoisotopic (exact) mass is 327 g/mol. The number of hydrogen-bond acceptors (Lipinski definition) is 3. The largest absolute Gasteiger partial charge is 0.372 e. The molecule has 6 heteroatoms. The van der Waals surface area contributed by atoms with Crippen LogP contribution in [0.5, 0.6) is 0 Å². The molecule has 1 aromatic heterocycles. The topological polar surface area (TPSA) is 41.1 Å². The second-order valence-electron chi connectivity index (χ2n) is 5.08. The molecule has 0 aliphatic carbocycles. The van der Waals surface area contributed by atoms with Gasteiger partial charge < -0.3 is 14.6 Å². The summed E-state index contributed by atoms with van der Waals surface area (Å²) in [6, 6.07) is 5.59. The molecule has 0 aliphatic rings. The lowest BCUT2D eigenvalue weighted by Gasteiger charge is -2.19. The van der Waals surface area contributed by atoms with Crippen LogP contribution in [-0.4, -0.2) is 42.1 Å². The van der Waals surface area contributed by atoms with E-state index < -0.39 is 0 Å². The maximum Gasteiger partial charge on any atom is 0.108 e. The Kier molecular flexibility index (Phi) is 6.06. The van der Waals surface area contributed by atoms with Crippen molar-refractivity contribution in [3.8, 4) is 0 Å². The van der Waals surface area contributed by atoms with E-state index in [0.29, 0.717) is 23.1 Å². The lowest BCUT2D eigenvalue weighted by Crippen LogP contribution is -2.20. The molecule has 0 fully saturated rings. The summed E-state index contributed by atoms with van der Waals surface area (Å²) >= 11 is 12.1. The Hall–Kier alpha value is -1.07. The minimum absolute atomic E-state index is 0.106. The van der Waals surface area contributed by atoms with Crippen molar-refractivity contribution in [2.45, 2.75) is 12.5 Å². The maximum atomic E-state index is 6.11. The van der Waals surface area contributed by atoms with E-state index in [0.717, 1.165) is 17.9 Å². The van der Waals surface area contributed by atoms with Crippen LogP contribution in [0.2, 0.25) is 10.0 Å². The average molecular weight is 328 g/mol. The van der Waals surface area contributed by atoms with Crippen molar-refractivity contribution in [2.75, 3.05) is 27.2 Å². The standard InChI is InChI=1S/C15H19Cl2N3O/c1-20(2)7-8-21-14(10-15-18-5-6-19-15)11-3-4-12(16)13(17)9-11/h3-6,9,14H,7-8,10H2,1-2H3,(H,18,19). The fourth-order valence-corrected chi connectivity index (χ4v) is 2.25. The number of imidazole rings is 1. The van der Waals surface area contributed by atoms with E-state index in [1.165, 1.54) is 0 Å². The Morgan fingerprint density at radius 1 is 1.29 bits per heavy atom. The Morgan fingerprint density at radius 2 is 2.10 bits per heavy atom. The summed E-state index contributed by atoms with van der Waals surface area (Å²) < 4.78 is 6.00. The molecule has 1 atom stereocenters. The molecule has 0 bridgehead atoms. The molecule has 0 amide bonds. The lowest BCUT2D eigenvalue weighted by atomic mass is 10.1. The van der Waals surface area contributed by atoms with Crippen LogP contribution >= 0.6 is 23.2 Å². The molecule has 1 unspecified atom stereocenters. The van der Waals surface area contributed by atoms with Crippen molar-refractivity contribution in [1.82, 2.24) is 14.9 Å². The fraction of sp³-hybridized carbons (Fsp3) is 0.400. The molecule has 0 aliphatic heterocycles. The number of hydrogen-bond donors (Lipinski definition) is 1. The summed E-state index contributed by atoms with van der Waals surface area (Å²) in [5.74, 6) is 0.885. The van der Waals surface area contributed by atoms with Crippen LogP contribution in [0, 0.1) is 0 Å². The van der Waals surface area contributed by atoms with E-state index in [1.54, 1.807) is 18.5 Å². The first-order chi connectivity index (χ1) is 10.1. The highest BCUT2D eigenvalue weighted by Crippen LogP contribution is 2.28. The highest BCUT2D eigenvalue weighted by atomic mass is 35.5. The van der Waals surface area contributed by atoms with Crippen molar-refractivity contribution in [3.05, 3.63) is 52.0 Å². The summed E-state index contributed by atoms with van der Waals surface area (Å²) in [6.07, 6.45) is 4.10. The van der Waals surface area contributed by atoms with Crippen LogP contribution in [0.4, 0.5) is 0 Å². The minimum atomic E-state index is -0.106. The summed E-state index contributed by atoms with van der Waals surface area (Å²) in [5, 5.41) is 1.08.